The van der Waals surface area contributed by atoms with Crippen molar-refractivity contribution in [2.75, 3.05) is 0 Å². The fourth-order valence-electron chi connectivity index (χ4n) is 1.48. The molecule has 1 aliphatic rings. The molecule has 1 saturated heterocycles. The van der Waals surface area contributed by atoms with Gasteiger partial charge in [0.2, 0.25) is 11.8 Å². The van der Waals surface area contributed by atoms with Gasteiger partial charge in [-0.1, -0.05) is 24.6 Å². The van der Waals surface area contributed by atoms with Crippen LogP contribution in [0.1, 0.15) is 19.8 Å². The summed E-state index contributed by atoms with van der Waals surface area (Å²) < 4.78 is 0. The van der Waals surface area contributed by atoms with Crippen LogP contribution < -0.4 is 10.6 Å². The first kappa shape index (κ1) is 11.7. The zero-order chi connectivity index (χ0) is 11.5. The minimum absolute atomic E-state index is 0.179. The third kappa shape index (κ3) is 2.02. The summed E-state index contributed by atoms with van der Waals surface area (Å²) in [6.07, 6.45) is 2.00. The molecule has 1 aliphatic heterocycles. The molecule has 0 unspecified atom stereocenters. The van der Waals surface area contributed by atoms with Crippen LogP contribution in [0, 0.1) is 5.41 Å². The Morgan fingerprint density at radius 1 is 1.27 bits per heavy atom. The highest BCUT2D eigenvalue weighted by Crippen LogP contribution is 2.29. The summed E-state index contributed by atoms with van der Waals surface area (Å²) in [5.41, 5.74) is 0.0215. The molecule has 1 heterocycles. The van der Waals surface area contributed by atoms with Crippen molar-refractivity contribution >= 4 is 29.4 Å². The normalized spacial score (nSPS) is 20.3. The lowest BCUT2D eigenvalue weighted by Gasteiger charge is -2.31. The van der Waals surface area contributed by atoms with E-state index in [0.717, 1.165) is 0 Å². The van der Waals surface area contributed by atoms with Crippen LogP contribution in [0.4, 0.5) is 4.79 Å². The summed E-state index contributed by atoms with van der Waals surface area (Å²) in [6, 6.07) is -0.774. The molecule has 0 radical (unpaired) electrons. The van der Waals surface area contributed by atoms with Gasteiger partial charge in [-0.25, -0.2) is 4.79 Å². The second kappa shape index (κ2) is 4.44. The monoisotopic (exact) mass is 230 g/mol. The van der Waals surface area contributed by atoms with Gasteiger partial charge in [-0.05, 0) is 12.8 Å². The van der Waals surface area contributed by atoms with E-state index in [1.54, 1.807) is 6.92 Å². The molecule has 5 nitrogen and oxygen atoms in total. The number of amides is 4. The van der Waals surface area contributed by atoms with Crippen molar-refractivity contribution < 1.29 is 14.4 Å². The van der Waals surface area contributed by atoms with E-state index in [1.807, 2.05) is 0 Å². The minimum atomic E-state index is -1.22. The molecule has 82 valence electrons. The number of nitrogens with one attached hydrogen (secondary N) is 2. The Morgan fingerprint density at radius 3 is 2.20 bits per heavy atom. The van der Waals surface area contributed by atoms with Crippen molar-refractivity contribution in [1.29, 1.82) is 0 Å². The number of rotatable bonds is 3. The highest BCUT2D eigenvalue weighted by atomic mass is 35.5. The molecular weight excluding hydrogens is 220 g/mol. The molecule has 1 rings (SSSR count). The van der Waals surface area contributed by atoms with Crippen molar-refractivity contribution in [1.82, 2.24) is 10.6 Å². The zero-order valence-corrected chi connectivity index (χ0v) is 8.93. The van der Waals surface area contributed by atoms with Gasteiger partial charge in [0.05, 0.1) is 0 Å². The zero-order valence-electron chi connectivity index (χ0n) is 8.17. The van der Waals surface area contributed by atoms with Crippen molar-refractivity contribution in [3.05, 3.63) is 11.6 Å². The number of hydrogen-bond donors (Lipinski definition) is 2. The molecule has 0 spiro atoms. The molecule has 0 aromatic carbocycles. The van der Waals surface area contributed by atoms with Crippen molar-refractivity contribution in [2.45, 2.75) is 19.8 Å². The van der Waals surface area contributed by atoms with E-state index in [-0.39, 0.29) is 6.42 Å². The molecule has 15 heavy (non-hydrogen) atoms. The predicted octanol–water partition coefficient (Wildman–Crippen LogP) is 0.891. The van der Waals surface area contributed by atoms with Crippen LogP contribution in [-0.4, -0.2) is 17.8 Å². The quantitative estimate of drug-likeness (QED) is 0.707. The minimum Gasteiger partial charge on any atom is -0.277 e. The van der Waals surface area contributed by atoms with Gasteiger partial charge in [0.1, 0.15) is 5.41 Å². The number of hydrogen-bond acceptors (Lipinski definition) is 3. The Bertz CT molecular complexity index is 318. The first-order valence-electron chi connectivity index (χ1n) is 4.49. The molecule has 2 N–H and O–H groups in total. The lowest BCUT2D eigenvalue weighted by molar-refractivity contribution is -0.144. The molecule has 0 atom stereocenters. The lowest BCUT2D eigenvalue weighted by Crippen LogP contribution is -2.62. The maximum atomic E-state index is 11.6. The van der Waals surface area contributed by atoms with Gasteiger partial charge in [0.15, 0.2) is 0 Å². The Hall–Kier alpha value is -1.36. The largest absolute Gasteiger partial charge is 0.328 e. The van der Waals surface area contributed by atoms with Crippen LogP contribution in [0.15, 0.2) is 11.6 Å². The number of allylic oxidation sites excluding steroid dienone is 1. The summed E-state index contributed by atoms with van der Waals surface area (Å²) in [5.74, 6) is -1.15. The SMILES string of the molecule is CCC1(C/C=C\Cl)C(=O)NC(=O)NC1=O. The smallest absolute Gasteiger partial charge is 0.277 e. The number of barbiturate groups is 1. The fourth-order valence-corrected chi connectivity index (χ4v) is 1.57. The predicted molar refractivity (Wildman–Crippen MR) is 54.0 cm³/mol. The average molecular weight is 231 g/mol. The Kier molecular flexibility index (Phi) is 3.47. The number of carbonyl (C=O) groups excluding carboxylic acids is 3. The molecular formula is C9H11ClN2O3. The third-order valence-electron chi connectivity index (χ3n) is 2.48. The number of carbonyl (C=O) groups is 3. The van der Waals surface area contributed by atoms with Gasteiger partial charge in [-0.3, -0.25) is 20.2 Å². The van der Waals surface area contributed by atoms with Crippen LogP contribution in [0.3, 0.4) is 0 Å². The summed E-state index contributed by atoms with van der Waals surface area (Å²) in [5, 5.41) is 4.15. The Labute approximate surface area is 91.9 Å². The van der Waals surface area contributed by atoms with E-state index in [2.05, 4.69) is 10.6 Å². The van der Waals surface area contributed by atoms with E-state index in [9.17, 15) is 14.4 Å². The second-order valence-electron chi connectivity index (χ2n) is 3.24. The van der Waals surface area contributed by atoms with Gasteiger partial charge >= 0.3 is 6.03 Å². The van der Waals surface area contributed by atoms with Crippen molar-refractivity contribution in [3.8, 4) is 0 Å². The molecule has 6 heteroatoms. The van der Waals surface area contributed by atoms with Gasteiger partial charge < -0.3 is 0 Å². The van der Waals surface area contributed by atoms with Gasteiger partial charge in [-0.15, -0.1) is 0 Å². The highest BCUT2D eigenvalue weighted by Gasteiger charge is 2.47. The Morgan fingerprint density at radius 2 is 1.80 bits per heavy atom. The number of halogens is 1. The summed E-state index contributed by atoms with van der Waals surface area (Å²) in [4.78, 5) is 34.1. The van der Waals surface area contributed by atoms with Crippen molar-refractivity contribution in [2.24, 2.45) is 5.41 Å². The van der Waals surface area contributed by atoms with Crippen molar-refractivity contribution in [3.63, 3.8) is 0 Å². The molecule has 0 bridgehead atoms. The van der Waals surface area contributed by atoms with E-state index >= 15 is 0 Å². The molecule has 4 amide bonds. The summed E-state index contributed by atoms with van der Waals surface area (Å²) in [6.45, 7) is 1.71. The van der Waals surface area contributed by atoms with E-state index in [1.165, 1.54) is 11.6 Å². The maximum absolute atomic E-state index is 11.6. The van der Waals surface area contributed by atoms with Crippen LogP contribution in [0.2, 0.25) is 0 Å². The molecule has 0 aliphatic carbocycles. The fraction of sp³-hybridized carbons (Fsp3) is 0.444. The maximum Gasteiger partial charge on any atom is 0.328 e. The summed E-state index contributed by atoms with van der Waals surface area (Å²) in [7, 11) is 0. The average Bonchev–Trinajstić information content (AvgIpc) is 2.17. The van der Waals surface area contributed by atoms with Gasteiger partial charge in [0, 0.05) is 5.54 Å². The number of urea groups is 1. The molecule has 0 aromatic heterocycles. The molecule has 1 fully saturated rings. The van der Waals surface area contributed by atoms with Crippen LogP contribution >= 0.6 is 11.6 Å². The lowest BCUT2D eigenvalue weighted by atomic mass is 9.79. The second-order valence-corrected chi connectivity index (χ2v) is 3.49. The van der Waals surface area contributed by atoms with E-state index in [4.69, 9.17) is 11.6 Å². The standard InChI is InChI=1S/C9H11ClN2O3/c1-2-9(4-3-5-10)6(13)11-8(15)12-7(9)14/h3,5H,2,4H2,1H3,(H2,11,12,13,14,15)/b5-3-. The van der Waals surface area contributed by atoms with Crippen LogP contribution in [0.5, 0.6) is 0 Å². The van der Waals surface area contributed by atoms with Crippen LogP contribution in [0.25, 0.3) is 0 Å². The summed E-state index contributed by atoms with van der Waals surface area (Å²) >= 11 is 5.35. The van der Waals surface area contributed by atoms with Gasteiger partial charge in [0.25, 0.3) is 0 Å². The molecule has 0 aromatic rings. The van der Waals surface area contributed by atoms with Gasteiger partial charge in [-0.2, -0.15) is 0 Å². The first-order chi connectivity index (χ1) is 7.06. The third-order valence-corrected chi connectivity index (χ3v) is 2.66. The first-order valence-corrected chi connectivity index (χ1v) is 4.92. The van der Waals surface area contributed by atoms with E-state index in [0.29, 0.717) is 6.42 Å². The molecule has 0 saturated carbocycles. The topological polar surface area (TPSA) is 75.3 Å². The van der Waals surface area contributed by atoms with Crippen LogP contribution in [-0.2, 0) is 9.59 Å². The highest BCUT2D eigenvalue weighted by molar-refractivity contribution is 6.25. The van der Waals surface area contributed by atoms with E-state index < -0.39 is 23.3 Å². The Balaban J connectivity index is 2.99. The number of imide groups is 2.